The van der Waals surface area contributed by atoms with E-state index in [2.05, 4.69) is 10.3 Å². The molecule has 0 aliphatic heterocycles. The van der Waals surface area contributed by atoms with Crippen molar-refractivity contribution >= 4 is 33.7 Å². The number of aromatic nitrogens is 1. The van der Waals surface area contributed by atoms with Gasteiger partial charge in [0.1, 0.15) is 11.4 Å². The van der Waals surface area contributed by atoms with Crippen LogP contribution in [0.15, 0.2) is 53.3 Å². The molecular weight excluding hydrogens is 316 g/mol. The number of benzene rings is 2. The first kappa shape index (κ1) is 15.2. The average molecular weight is 326 g/mol. The van der Waals surface area contributed by atoms with Crippen molar-refractivity contribution < 1.29 is 9.85 Å². The Morgan fingerprint density at radius 3 is 2.38 bits per heavy atom. The summed E-state index contributed by atoms with van der Waals surface area (Å²) in [6.45, 7) is 0. The summed E-state index contributed by atoms with van der Waals surface area (Å²) < 4.78 is 0. The second-order valence-electron chi connectivity index (χ2n) is 4.94. The van der Waals surface area contributed by atoms with Gasteiger partial charge in [0.05, 0.1) is 15.9 Å². The lowest BCUT2D eigenvalue weighted by atomic mass is 10.2. The highest BCUT2D eigenvalue weighted by molar-refractivity contribution is 5.83. The fourth-order valence-electron chi connectivity index (χ4n) is 2.28. The number of nitrogens with zero attached hydrogens (tertiary/aromatic N) is 2. The Bertz CT molecular complexity index is 1030. The van der Waals surface area contributed by atoms with Gasteiger partial charge in [-0.1, -0.05) is 18.2 Å². The smallest absolute Gasteiger partial charge is 0.299 e. The molecule has 24 heavy (non-hydrogen) atoms. The number of para-hydroxylation sites is 1. The molecule has 1 heterocycles. The van der Waals surface area contributed by atoms with Crippen molar-refractivity contribution in [2.75, 3.05) is 5.32 Å². The fourth-order valence-corrected chi connectivity index (χ4v) is 2.28. The number of nitro groups is 2. The molecule has 0 saturated heterocycles. The third-order valence-electron chi connectivity index (χ3n) is 3.41. The van der Waals surface area contributed by atoms with Crippen LogP contribution in [0.5, 0.6) is 0 Å². The number of nitro benzene ring substituents is 2. The number of nitrogens with one attached hydrogen (secondary N) is 2. The van der Waals surface area contributed by atoms with Gasteiger partial charge in [-0.15, -0.1) is 0 Å². The Balaban J connectivity index is 2.08. The molecule has 9 heteroatoms. The van der Waals surface area contributed by atoms with Gasteiger partial charge < -0.3 is 10.3 Å². The van der Waals surface area contributed by atoms with Gasteiger partial charge in [0.15, 0.2) is 0 Å². The first-order valence-corrected chi connectivity index (χ1v) is 6.77. The first-order chi connectivity index (χ1) is 11.5. The molecule has 0 fully saturated rings. The van der Waals surface area contributed by atoms with Crippen LogP contribution in [0.3, 0.4) is 0 Å². The Kier molecular flexibility index (Phi) is 3.66. The number of hydrogen-bond donors (Lipinski definition) is 2. The van der Waals surface area contributed by atoms with Crippen LogP contribution in [0.25, 0.3) is 10.9 Å². The highest BCUT2D eigenvalue weighted by Crippen LogP contribution is 2.30. The first-order valence-electron chi connectivity index (χ1n) is 6.77. The topological polar surface area (TPSA) is 131 Å². The van der Waals surface area contributed by atoms with E-state index < -0.39 is 26.8 Å². The highest BCUT2D eigenvalue weighted by atomic mass is 16.6. The van der Waals surface area contributed by atoms with E-state index in [0.29, 0.717) is 5.52 Å². The second kappa shape index (κ2) is 5.80. The number of non-ortho nitro benzene ring substituents is 1. The van der Waals surface area contributed by atoms with Crippen LogP contribution in [0.1, 0.15) is 0 Å². The average Bonchev–Trinajstić information content (AvgIpc) is 2.55. The molecule has 9 nitrogen and oxygen atoms in total. The molecule has 1 aromatic heterocycles. The molecule has 2 N–H and O–H groups in total. The molecular formula is C15H10N4O5. The Morgan fingerprint density at radius 1 is 0.917 bits per heavy atom. The molecule has 0 unspecified atom stereocenters. The van der Waals surface area contributed by atoms with Crippen LogP contribution in [0.2, 0.25) is 0 Å². The van der Waals surface area contributed by atoms with Crippen LogP contribution in [-0.2, 0) is 0 Å². The minimum absolute atomic E-state index is 0.00798. The van der Waals surface area contributed by atoms with E-state index in [1.54, 1.807) is 30.3 Å². The number of pyridine rings is 1. The van der Waals surface area contributed by atoms with Gasteiger partial charge in [0.25, 0.3) is 16.9 Å². The monoisotopic (exact) mass is 326 g/mol. The number of hydrogen-bond acceptors (Lipinski definition) is 6. The molecule has 0 atom stereocenters. The summed E-state index contributed by atoms with van der Waals surface area (Å²) in [4.78, 5) is 35.2. The van der Waals surface area contributed by atoms with E-state index in [0.717, 1.165) is 17.5 Å². The Labute approximate surface area is 133 Å². The third kappa shape index (κ3) is 2.77. The predicted octanol–water partition coefficient (Wildman–Crippen LogP) is 3.09. The van der Waals surface area contributed by atoms with Gasteiger partial charge in [-0.2, -0.15) is 0 Å². The van der Waals surface area contributed by atoms with Crippen LogP contribution >= 0.6 is 0 Å². The second-order valence-corrected chi connectivity index (χ2v) is 4.94. The lowest BCUT2D eigenvalue weighted by Gasteiger charge is -2.07. The summed E-state index contributed by atoms with van der Waals surface area (Å²) in [5, 5.41) is 25.3. The maximum Gasteiger partial charge on any atom is 0.299 e. The summed E-state index contributed by atoms with van der Waals surface area (Å²) in [5.74, 6) is 0. The van der Waals surface area contributed by atoms with Crippen molar-refractivity contribution in [3.05, 3.63) is 79.1 Å². The molecule has 120 valence electrons. The Hall–Kier alpha value is -3.75. The zero-order valence-electron chi connectivity index (χ0n) is 12.1. The largest absolute Gasteiger partial charge is 0.345 e. The minimum atomic E-state index is -0.745. The van der Waals surface area contributed by atoms with Crippen molar-refractivity contribution in [1.29, 1.82) is 0 Å². The zero-order valence-corrected chi connectivity index (χ0v) is 12.1. The predicted molar refractivity (Wildman–Crippen MR) is 87.6 cm³/mol. The standard InChI is InChI=1S/C15H10N4O5/c20-15-13(7-9-3-1-2-4-11(9)17-15)16-12-6-5-10(18(21)22)8-14(12)19(23)24/h1-8,16H,(H,17,20). The van der Waals surface area contributed by atoms with Crippen molar-refractivity contribution in [2.45, 2.75) is 0 Å². The molecule has 0 radical (unpaired) electrons. The van der Waals surface area contributed by atoms with Crippen LogP contribution < -0.4 is 10.9 Å². The van der Waals surface area contributed by atoms with Gasteiger partial charge in [-0.3, -0.25) is 25.0 Å². The van der Waals surface area contributed by atoms with Crippen LogP contribution in [0.4, 0.5) is 22.7 Å². The summed E-state index contributed by atoms with van der Waals surface area (Å²) in [5.41, 5.74) is -0.624. The van der Waals surface area contributed by atoms with Gasteiger partial charge in [0.2, 0.25) is 0 Å². The SMILES string of the molecule is O=c1[nH]c2ccccc2cc1Nc1ccc([N+](=O)[O-])cc1[N+](=O)[O-]. The molecule has 3 aromatic rings. The van der Waals surface area contributed by atoms with Crippen LogP contribution in [0, 0.1) is 20.2 Å². The normalized spacial score (nSPS) is 10.5. The van der Waals surface area contributed by atoms with Crippen LogP contribution in [-0.4, -0.2) is 14.8 Å². The fraction of sp³-hybridized carbons (Fsp3) is 0. The molecule has 0 amide bonds. The zero-order chi connectivity index (χ0) is 17.3. The number of aromatic amines is 1. The molecule has 3 rings (SSSR count). The maximum atomic E-state index is 12.1. The minimum Gasteiger partial charge on any atom is -0.345 e. The van der Waals surface area contributed by atoms with Crippen molar-refractivity contribution in [3.8, 4) is 0 Å². The molecule has 2 aromatic carbocycles. The number of rotatable bonds is 4. The van der Waals surface area contributed by atoms with E-state index in [9.17, 15) is 25.0 Å². The maximum absolute atomic E-state index is 12.1. The lowest BCUT2D eigenvalue weighted by molar-refractivity contribution is -0.393. The van der Waals surface area contributed by atoms with E-state index in [1.165, 1.54) is 6.07 Å². The lowest BCUT2D eigenvalue weighted by Crippen LogP contribution is -2.12. The van der Waals surface area contributed by atoms with Crippen molar-refractivity contribution in [2.24, 2.45) is 0 Å². The van der Waals surface area contributed by atoms with Gasteiger partial charge >= 0.3 is 0 Å². The number of fused-ring (bicyclic) bond motifs is 1. The quantitative estimate of drug-likeness (QED) is 0.559. The summed E-state index contributed by atoms with van der Waals surface area (Å²) >= 11 is 0. The van der Waals surface area contributed by atoms with Crippen molar-refractivity contribution in [3.63, 3.8) is 0 Å². The third-order valence-corrected chi connectivity index (χ3v) is 3.41. The number of anilines is 2. The van der Waals surface area contributed by atoms with E-state index >= 15 is 0 Å². The molecule has 0 saturated carbocycles. The molecule has 0 aliphatic carbocycles. The van der Waals surface area contributed by atoms with E-state index in [4.69, 9.17) is 0 Å². The summed E-state index contributed by atoms with van der Waals surface area (Å²) in [6.07, 6.45) is 0. The summed E-state index contributed by atoms with van der Waals surface area (Å²) in [6, 6.07) is 11.8. The number of H-pyrrole nitrogens is 1. The molecule has 0 aliphatic rings. The van der Waals surface area contributed by atoms with E-state index in [-0.39, 0.29) is 11.4 Å². The Morgan fingerprint density at radius 2 is 1.67 bits per heavy atom. The summed E-state index contributed by atoms with van der Waals surface area (Å²) in [7, 11) is 0. The van der Waals surface area contributed by atoms with Gasteiger partial charge in [-0.05, 0) is 18.2 Å². The molecule has 0 bridgehead atoms. The van der Waals surface area contributed by atoms with Crippen molar-refractivity contribution in [1.82, 2.24) is 4.98 Å². The van der Waals surface area contributed by atoms with Gasteiger partial charge in [0, 0.05) is 17.0 Å². The van der Waals surface area contributed by atoms with E-state index in [1.807, 2.05) is 0 Å². The van der Waals surface area contributed by atoms with Gasteiger partial charge in [-0.25, -0.2) is 0 Å². The highest BCUT2D eigenvalue weighted by Gasteiger charge is 2.20. The molecule has 0 spiro atoms.